The number of carbonyl (C=O) groups is 1. The van der Waals surface area contributed by atoms with Gasteiger partial charge in [-0.1, -0.05) is 57.8 Å². The van der Waals surface area contributed by atoms with Crippen molar-refractivity contribution in [3.05, 3.63) is 40.3 Å². The van der Waals surface area contributed by atoms with E-state index >= 15 is 0 Å². The Bertz CT molecular complexity index is 816. The molecular formula is C22H31N3O2. The number of pyridine rings is 2. The first-order chi connectivity index (χ1) is 13.2. The molecule has 5 heteroatoms. The normalized spacial score (nSPS) is 17.8. The fourth-order valence-electron chi connectivity index (χ4n) is 4.03. The molecule has 0 aromatic carbocycles. The summed E-state index contributed by atoms with van der Waals surface area (Å²) < 4.78 is 1.46. The zero-order chi connectivity index (χ0) is 19.1. The summed E-state index contributed by atoms with van der Waals surface area (Å²) >= 11 is 0. The van der Waals surface area contributed by atoms with Crippen molar-refractivity contribution < 1.29 is 4.79 Å². The van der Waals surface area contributed by atoms with Crippen LogP contribution in [0.15, 0.2) is 29.2 Å². The Morgan fingerprint density at radius 1 is 1.04 bits per heavy atom. The highest BCUT2D eigenvalue weighted by atomic mass is 16.2. The molecule has 1 aliphatic carbocycles. The molecule has 1 aliphatic rings. The lowest BCUT2D eigenvalue weighted by molar-refractivity contribution is 0.0929. The van der Waals surface area contributed by atoms with Crippen LogP contribution < -0.4 is 10.9 Å². The number of fused-ring (bicyclic) bond motifs is 1. The number of aromatic nitrogens is 2. The first kappa shape index (κ1) is 19.6. The van der Waals surface area contributed by atoms with E-state index in [1.165, 1.54) is 49.5 Å². The van der Waals surface area contributed by atoms with Crippen LogP contribution >= 0.6 is 0 Å². The number of amides is 1. The van der Waals surface area contributed by atoms with Crippen LogP contribution in [0.3, 0.4) is 0 Å². The molecule has 146 valence electrons. The van der Waals surface area contributed by atoms with Crippen molar-refractivity contribution in [3.8, 4) is 0 Å². The van der Waals surface area contributed by atoms with E-state index in [0.717, 1.165) is 31.1 Å². The van der Waals surface area contributed by atoms with Crippen molar-refractivity contribution in [2.24, 2.45) is 7.05 Å². The summed E-state index contributed by atoms with van der Waals surface area (Å²) in [7, 11) is 1.67. The molecule has 0 spiro atoms. The average Bonchev–Trinajstić information content (AvgIpc) is 2.66. The third-order valence-electron chi connectivity index (χ3n) is 5.65. The van der Waals surface area contributed by atoms with Crippen molar-refractivity contribution in [2.45, 2.75) is 76.7 Å². The van der Waals surface area contributed by atoms with Gasteiger partial charge in [0.05, 0.1) is 0 Å². The fourth-order valence-corrected chi connectivity index (χ4v) is 4.03. The molecule has 0 aliphatic heterocycles. The molecule has 1 fully saturated rings. The lowest BCUT2D eigenvalue weighted by Crippen LogP contribution is -2.38. The van der Waals surface area contributed by atoms with Crippen molar-refractivity contribution >= 4 is 16.9 Å². The van der Waals surface area contributed by atoms with Gasteiger partial charge in [0.15, 0.2) is 0 Å². The number of carbonyl (C=O) groups excluding carboxylic acids is 1. The average molecular weight is 370 g/mol. The van der Waals surface area contributed by atoms with E-state index in [4.69, 9.17) is 0 Å². The van der Waals surface area contributed by atoms with Crippen LogP contribution in [0, 0.1) is 0 Å². The van der Waals surface area contributed by atoms with E-state index in [1.54, 1.807) is 19.3 Å². The van der Waals surface area contributed by atoms with E-state index in [9.17, 15) is 9.59 Å². The Kier molecular flexibility index (Phi) is 7.02. The third kappa shape index (κ3) is 5.18. The highest BCUT2D eigenvalue weighted by molar-refractivity contribution is 5.97. The molecular weight excluding hydrogens is 338 g/mol. The van der Waals surface area contributed by atoms with E-state index in [-0.39, 0.29) is 23.1 Å². The van der Waals surface area contributed by atoms with Crippen LogP contribution in [0.1, 0.15) is 81.0 Å². The number of hydrogen-bond acceptors (Lipinski definition) is 3. The Morgan fingerprint density at radius 3 is 2.26 bits per heavy atom. The Balaban J connectivity index is 1.73. The van der Waals surface area contributed by atoms with Crippen molar-refractivity contribution in [1.29, 1.82) is 0 Å². The Morgan fingerprint density at radius 2 is 1.63 bits per heavy atom. The minimum atomic E-state index is -0.285. The highest BCUT2D eigenvalue weighted by Gasteiger charge is 2.18. The van der Waals surface area contributed by atoms with Gasteiger partial charge < -0.3 is 5.32 Å². The van der Waals surface area contributed by atoms with Gasteiger partial charge in [-0.25, -0.2) is 4.98 Å². The summed E-state index contributed by atoms with van der Waals surface area (Å²) in [5.41, 5.74) is 0.529. The molecule has 0 radical (unpaired) electrons. The van der Waals surface area contributed by atoms with Crippen molar-refractivity contribution in [2.75, 3.05) is 0 Å². The Hall–Kier alpha value is -2.17. The third-order valence-corrected chi connectivity index (χ3v) is 5.65. The monoisotopic (exact) mass is 369 g/mol. The second kappa shape index (κ2) is 9.67. The predicted octanol–water partition coefficient (Wildman–Crippen LogP) is 4.34. The predicted molar refractivity (Wildman–Crippen MR) is 109 cm³/mol. The van der Waals surface area contributed by atoms with Crippen LogP contribution in [-0.4, -0.2) is 21.5 Å². The minimum Gasteiger partial charge on any atom is -0.349 e. The van der Waals surface area contributed by atoms with Crippen LogP contribution in [-0.2, 0) is 7.05 Å². The van der Waals surface area contributed by atoms with E-state index in [1.807, 2.05) is 12.1 Å². The molecule has 0 bridgehead atoms. The van der Waals surface area contributed by atoms with Crippen LogP contribution in [0.5, 0.6) is 0 Å². The molecule has 0 atom stereocenters. The molecule has 27 heavy (non-hydrogen) atoms. The standard InChI is InChI=1S/C22H31N3O2/c1-25-20-17(12-11-15-23-20)16-19(22(25)27)21(26)24-18-13-9-7-5-3-2-4-6-8-10-14-18/h11-12,15-16,18H,2-10,13-14H2,1H3,(H,24,26). The molecule has 1 N–H and O–H groups in total. The molecule has 0 saturated heterocycles. The summed E-state index contributed by atoms with van der Waals surface area (Å²) in [4.78, 5) is 29.7. The summed E-state index contributed by atoms with van der Waals surface area (Å²) in [5, 5.41) is 3.96. The van der Waals surface area contributed by atoms with E-state index in [0.29, 0.717) is 5.65 Å². The zero-order valence-electron chi connectivity index (χ0n) is 16.4. The van der Waals surface area contributed by atoms with Gasteiger partial charge in [-0.05, 0) is 31.0 Å². The molecule has 5 nitrogen and oxygen atoms in total. The second-order valence-corrected chi connectivity index (χ2v) is 7.77. The number of nitrogens with one attached hydrogen (secondary N) is 1. The van der Waals surface area contributed by atoms with Gasteiger partial charge in [-0.3, -0.25) is 14.2 Å². The molecule has 1 saturated carbocycles. The highest BCUT2D eigenvalue weighted by Crippen LogP contribution is 2.17. The number of hydrogen-bond donors (Lipinski definition) is 1. The maximum Gasteiger partial charge on any atom is 0.264 e. The first-order valence-electron chi connectivity index (χ1n) is 10.4. The maximum absolute atomic E-state index is 12.9. The quantitative estimate of drug-likeness (QED) is 0.856. The molecule has 1 amide bonds. The van der Waals surface area contributed by atoms with Gasteiger partial charge in [0.1, 0.15) is 11.2 Å². The lowest BCUT2D eigenvalue weighted by atomic mass is 9.97. The molecule has 2 aromatic heterocycles. The van der Waals surface area contributed by atoms with Crippen LogP contribution in [0.2, 0.25) is 0 Å². The SMILES string of the molecule is Cn1c(=O)c(C(=O)NC2CCCCCCCCCCC2)cc2cccnc21. The molecule has 3 rings (SSSR count). The number of aryl methyl sites for hydroxylation is 1. The summed E-state index contributed by atoms with van der Waals surface area (Å²) in [6, 6.07) is 5.54. The van der Waals surface area contributed by atoms with Gasteiger partial charge in [-0.15, -0.1) is 0 Å². The molecule has 2 heterocycles. The smallest absolute Gasteiger partial charge is 0.264 e. The molecule has 0 unspecified atom stereocenters. The van der Waals surface area contributed by atoms with Crippen molar-refractivity contribution in [3.63, 3.8) is 0 Å². The van der Waals surface area contributed by atoms with E-state index in [2.05, 4.69) is 10.3 Å². The topological polar surface area (TPSA) is 64.0 Å². The van der Waals surface area contributed by atoms with Crippen molar-refractivity contribution in [1.82, 2.24) is 14.9 Å². The van der Waals surface area contributed by atoms with Gasteiger partial charge in [0.2, 0.25) is 0 Å². The lowest BCUT2D eigenvalue weighted by Gasteiger charge is -2.20. The second-order valence-electron chi connectivity index (χ2n) is 7.77. The van der Waals surface area contributed by atoms with Crippen LogP contribution in [0.25, 0.3) is 11.0 Å². The minimum absolute atomic E-state index is 0.159. The number of nitrogens with zero attached hydrogens (tertiary/aromatic N) is 2. The van der Waals surface area contributed by atoms with Gasteiger partial charge in [-0.2, -0.15) is 0 Å². The maximum atomic E-state index is 12.9. The fraction of sp³-hybridized carbons (Fsp3) is 0.591. The first-order valence-corrected chi connectivity index (χ1v) is 10.4. The summed E-state index contributed by atoms with van der Waals surface area (Å²) in [5.74, 6) is -0.251. The summed E-state index contributed by atoms with van der Waals surface area (Å²) in [6.45, 7) is 0. The van der Waals surface area contributed by atoms with Gasteiger partial charge >= 0.3 is 0 Å². The van der Waals surface area contributed by atoms with Gasteiger partial charge in [0, 0.05) is 24.7 Å². The van der Waals surface area contributed by atoms with Crippen LogP contribution in [0.4, 0.5) is 0 Å². The van der Waals surface area contributed by atoms with E-state index < -0.39 is 0 Å². The summed E-state index contributed by atoms with van der Waals surface area (Å²) in [6.07, 6.45) is 15.0. The zero-order valence-corrected chi connectivity index (χ0v) is 16.4. The number of rotatable bonds is 2. The molecule has 2 aromatic rings. The largest absolute Gasteiger partial charge is 0.349 e. The Labute approximate surface area is 161 Å². The van der Waals surface area contributed by atoms with Gasteiger partial charge in [0.25, 0.3) is 11.5 Å².